The summed E-state index contributed by atoms with van der Waals surface area (Å²) in [5.74, 6) is 0.932. The van der Waals surface area contributed by atoms with Gasteiger partial charge < -0.3 is 10.1 Å². The molecule has 2 nitrogen and oxygen atoms in total. The molecule has 0 fully saturated rings. The Labute approximate surface area is 137 Å². The van der Waals surface area contributed by atoms with Gasteiger partial charge in [-0.1, -0.05) is 45.1 Å². The van der Waals surface area contributed by atoms with Gasteiger partial charge in [-0.05, 0) is 57.2 Å². The molecule has 1 aromatic carbocycles. The maximum Gasteiger partial charge on any atom is 0.120 e. The highest BCUT2D eigenvalue weighted by molar-refractivity contribution is 5.51. The first-order valence-corrected chi connectivity index (χ1v) is 8.23. The van der Waals surface area contributed by atoms with Crippen LogP contribution in [0.3, 0.4) is 0 Å². The van der Waals surface area contributed by atoms with E-state index >= 15 is 0 Å². The summed E-state index contributed by atoms with van der Waals surface area (Å²) in [5, 5.41) is 3.47. The molecule has 0 aliphatic carbocycles. The molecule has 2 heteroatoms. The predicted octanol–water partition coefficient (Wildman–Crippen LogP) is 5.29. The van der Waals surface area contributed by atoms with Crippen LogP contribution in [-0.4, -0.2) is 18.2 Å². The van der Waals surface area contributed by atoms with Gasteiger partial charge in [-0.2, -0.15) is 0 Å². The molecular formula is C20H33NO. The van der Waals surface area contributed by atoms with Gasteiger partial charge in [0.1, 0.15) is 11.9 Å². The zero-order valence-electron chi connectivity index (χ0n) is 15.4. The Balaban J connectivity index is 2.57. The van der Waals surface area contributed by atoms with Crippen LogP contribution in [0.15, 0.2) is 30.3 Å². The fourth-order valence-electron chi connectivity index (χ4n) is 1.96. The molecule has 0 saturated heterocycles. The molecule has 0 aliphatic rings. The Kier molecular flexibility index (Phi) is 6.67. The van der Waals surface area contributed by atoms with Crippen LogP contribution < -0.4 is 10.1 Å². The third-order valence-corrected chi connectivity index (χ3v) is 3.16. The fourth-order valence-corrected chi connectivity index (χ4v) is 1.96. The van der Waals surface area contributed by atoms with Gasteiger partial charge in [-0.15, -0.1) is 0 Å². The molecule has 1 N–H and O–H groups in total. The quantitative estimate of drug-likeness (QED) is 0.771. The largest absolute Gasteiger partial charge is 0.489 e. The number of hydrogen-bond donors (Lipinski definition) is 1. The Hall–Kier alpha value is -1.28. The second kappa shape index (κ2) is 7.82. The topological polar surface area (TPSA) is 21.3 Å². The second-order valence-electron chi connectivity index (χ2n) is 8.30. The summed E-state index contributed by atoms with van der Waals surface area (Å²) in [5.41, 5.74) is 1.64. The summed E-state index contributed by atoms with van der Waals surface area (Å²) in [6.45, 7) is 16.2. The van der Waals surface area contributed by atoms with E-state index < -0.39 is 0 Å². The van der Waals surface area contributed by atoms with E-state index in [1.54, 1.807) is 0 Å². The molecule has 0 heterocycles. The average molecular weight is 303 g/mol. The Morgan fingerprint density at radius 3 is 2.41 bits per heavy atom. The molecule has 0 radical (unpaired) electrons. The first-order valence-electron chi connectivity index (χ1n) is 8.23. The molecule has 0 unspecified atom stereocenters. The van der Waals surface area contributed by atoms with Crippen molar-refractivity contribution in [3.63, 3.8) is 0 Å². The molecule has 0 amide bonds. The number of rotatable bonds is 6. The summed E-state index contributed by atoms with van der Waals surface area (Å²) in [7, 11) is 0. The fraction of sp³-hybridized carbons (Fsp3) is 0.600. The number of allylic oxidation sites excluding steroid dienone is 1. The third-order valence-electron chi connectivity index (χ3n) is 3.16. The Morgan fingerprint density at radius 2 is 1.82 bits per heavy atom. The van der Waals surface area contributed by atoms with Crippen LogP contribution in [0.1, 0.15) is 60.5 Å². The molecular weight excluding hydrogens is 270 g/mol. The Morgan fingerprint density at radius 1 is 1.14 bits per heavy atom. The minimum absolute atomic E-state index is 0.120. The van der Waals surface area contributed by atoms with Crippen molar-refractivity contribution in [2.45, 2.75) is 66.5 Å². The number of benzene rings is 1. The SMILES string of the molecule is C[C@H](CNC(C)(C)C)Oc1cccc(/C=C/CC(C)(C)C)c1. The summed E-state index contributed by atoms with van der Waals surface area (Å²) >= 11 is 0. The Bertz CT molecular complexity index is 477. The van der Waals surface area contributed by atoms with Crippen molar-refractivity contribution < 1.29 is 4.74 Å². The van der Waals surface area contributed by atoms with E-state index in [1.165, 1.54) is 5.56 Å². The van der Waals surface area contributed by atoms with Crippen LogP contribution in [0.4, 0.5) is 0 Å². The van der Waals surface area contributed by atoms with Crippen LogP contribution >= 0.6 is 0 Å². The minimum atomic E-state index is 0.120. The maximum absolute atomic E-state index is 6.00. The van der Waals surface area contributed by atoms with Gasteiger partial charge in [0, 0.05) is 12.1 Å². The number of ether oxygens (including phenoxy) is 1. The lowest BCUT2D eigenvalue weighted by molar-refractivity contribution is 0.203. The van der Waals surface area contributed by atoms with Gasteiger partial charge in [-0.25, -0.2) is 0 Å². The van der Waals surface area contributed by atoms with Crippen molar-refractivity contribution >= 4 is 6.08 Å². The van der Waals surface area contributed by atoms with Gasteiger partial charge in [0.05, 0.1) is 0 Å². The number of hydrogen-bond acceptors (Lipinski definition) is 2. The molecule has 1 rings (SSSR count). The molecule has 124 valence electrons. The molecule has 0 aromatic heterocycles. The molecule has 0 aliphatic heterocycles. The van der Waals surface area contributed by atoms with E-state index in [-0.39, 0.29) is 11.6 Å². The van der Waals surface area contributed by atoms with Crippen LogP contribution in [0.2, 0.25) is 0 Å². The van der Waals surface area contributed by atoms with E-state index in [2.05, 4.69) is 84.1 Å². The molecule has 22 heavy (non-hydrogen) atoms. The van der Waals surface area contributed by atoms with Crippen LogP contribution in [0, 0.1) is 5.41 Å². The molecule has 0 spiro atoms. The highest BCUT2D eigenvalue weighted by Gasteiger charge is 2.12. The molecule has 1 aromatic rings. The number of nitrogens with one attached hydrogen (secondary N) is 1. The van der Waals surface area contributed by atoms with Crippen molar-refractivity contribution in [3.05, 3.63) is 35.9 Å². The van der Waals surface area contributed by atoms with Gasteiger partial charge >= 0.3 is 0 Å². The first-order chi connectivity index (χ1) is 10.1. The first kappa shape index (κ1) is 18.8. The lowest BCUT2D eigenvalue weighted by Crippen LogP contribution is -2.41. The summed E-state index contributed by atoms with van der Waals surface area (Å²) in [6.07, 6.45) is 5.64. The lowest BCUT2D eigenvalue weighted by Gasteiger charge is -2.24. The van der Waals surface area contributed by atoms with E-state index in [9.17, 15) is 0 Å². The van der Waals surface area contributed by atoms with Gasteiger partial charge in [0.15, 0.2) is 0 Å². The maximum atomic E-state index is 6.00. The van der Waals surface area contributed by atoms with Crippen molar-refractivity contribution in [2.24, 2.45) is 5.41 Å². The van der Waals surface area contributed by atoms with Crippen molar-refractivity contribution in [2.75, 3.05) is 6.54 Å². The minimum Gasteiger partial charge on any atom is -0.489 e. The normalized spacial score (nSPS) is 14.3. The van der Waals surface area contributed by atoms with Crippen molar-refractivity contribution in [3.8, 4) is 5.75 Å². The van der Waals surface area contributed by atoms with Gasteiger partial charge in [-0.3, -0.25) is 0 Å². The summed E-state index contributed by atoms with van der Waals surface area (Å²) in [6, 6.07) is 8.29. The van der Waals surface area contributed by atoms with Crippen LogP contribution in [-0.2, 0) is 0 Å². The lowest BCUT2D eigenvalue weighted by atomic mass is 9.92. The monoisotopic (exact) mass is 303 g/mol. The third kappa shape index (κ3) is 8.89. The smallest absolute Gasteiger partial charge is 0.120 e. The van der Waals surface area contributed by atoms with Gasteiger partial charge in [0.25, 0.3) is 0 Å². The van der Waals surface area contributed by atoms with Crippen LogP contribution in [0.25, 0.3) is 6.08 Å². The summed E-state index contributed by atoms with van der Waals surface area (Å²) in [4.78, 5) is 0. The summed E-state index contributed by atoms with van der Waals surface area (Å²) < 4.78 is 6.00. The van der Waals surface area contributed by atoms with E-state index in [1.807, 2.05) is 6.07 Å². The van der Waals surface area contributed by atoms with Gasteiger partial charge in [0.2, 0.25) is 0 Å². The predicted molar refractivity (Wildman–Crippen MR) is 97.4 cm³/mol. The van der Waals surface area contributed by atoms with Crippen LogP contribution in [0.5, 0.6) is 5.75 Å². The average Bonchev–Trinajstić information content (AvgIpc) is 2.34. The molecule has 0 bridgehead atoms. The standard InChI is InChI=1S/C20H33NO/c1-16(15-21-20(5,6)7)22-18-12-8-10-17(14-18)11-9-13-19(2,3)4/h8-12,14,16,21H,13,15H2,1-7H3/b11-9+/t16-/m1/s1. The second-order valence-corrected chi connectivity index (χ2v) is 8.30. The molecule has 0 saturated carbocycles. The highest BCUT2D eigenvalue weighted by atomic mass is 16.5. The zero-order chi connectivity index (χ0) is 16.8. The zero-order valence-corrected chi connectivity index (χ0v) is 15.4. The van der Waals surface area contributed by atoms with E-state index in [0.29, 0.717) is 5.41 Å². The van der Waals surface area contributed by atoms with E-state index in [4.69, 9.17) is 4.74 Å². The van der Waals surface area contributed by atoms with E-state index in [0.717, 1.165) is 18.7 Å². The van der Waals surface area contributed by atoms with Crippen molar-refractivity contribution in [1.29, 1.82) is 0 Å². The molecule has 1 atom stereocenters. The highest BCUT2D eigenvalue weighted by Crippen LogP contribution is 2.21. The van der Waals surface area contributed by atoms with Crippen molar-refractivity contribution in [1.82, 2.24) is 5.32 Å².